The number of nitrogens with zero attached hydrogens (tertiary/aromatic N) is 2. The van der Waals surface area contributed by atoms with Crippen LogP contribution in [0, 0.1) is 6.92 Å². The number of fused-ring (bicyclic) bond motifs is 1. The largest absolute Gasteiger partial charge is 0.397 e. The van der Waals surface area contributed by atoms with Crippen LogP contribution in [0.1, 0.15) is 32.6 Å². The third-order valence-electron chi connectivity index (χ3n) is 4.36. The molecule has 1 N–H and O–H groups in total. The van der Waals surface area contributed by atoms with E-state index in [4.69, 9.17) is 0 Å². The molecule has 3 aromatic rings. The fraction of sp³-hybridized carbons (Fsp3) is 0.158. The van der Waals surface area contributed by atoms with Crippen molar-refractivity contribution in [3.05, 3.63) is 82.7 Å². The molecule has 0 saturated heterocycles. The van der Waals surface area contributed by atoms with Crippen molar-refractivity contribution in [1.29, 1.82) is 0 Å². The van der Waals surface area contributed by atoms with Crippen molar-refractivity contribution in [3.63, 3.8) is 0 Å². The van der Waals surface area contributed by atoms with E-state index in [1.54, 1.807) is 16.9 Å². The Labute approximate surface area is 143 Å². The van der Waals surface area contributed by atoms with Crippen LogP contribution in [0.25, 0.3) is 5.69 Å². The fourth-order valence-corrected chi connectivity index (χ4v) is 3.01. The molecule has 1 aliphatic heterocycles. The number of cyclic esters (lactones) is 1. The molecule has 5 nitrogen and oxygen atoms in total. The zero-order valence-electron chi connectivity index (χ0n) is 13.4. The van der Waals surface area contributed by atoms with E-state index in [2.05, 4.69) is 9.84 Å². The maximum Gasteiger partial charge on any atom is 0.392 e. The van der Waals surface area contributed by atoms with Crippen molar-refractivity contribution in [2.45, 2.75) is 19.4 Å². The molecule has 0 fully saturated rings. The topological polar surface area (TPSA) is 64.4 Å². The standard InChI is InChI=1S/C19H15FN2O3/c1-12-9-17-16(18(23)25-19(17,20)24)11-14(12)10-13-3-5-15(6-4-13)22-8-2-7-21-22/h2-9,11,24H,10H2,1H3. The normalized spacial score (nSPS) is 18.9. The van der Waals surface area contributed by atoms with Crippen molar-refractivity contribution in [3.8, 4) is 5.69 Å². The zero-order chi connectivity index (χ0) is 17.6. The molecule has 1 aromatic heterocycles. The van der Waals surface area contributed by atoms with Crippen molar-refractivity contribution >= 4 is 5.97 Å². The average Bonchev–Trinajstić information content (AvgIpc) is 3.17. The molecule has 0 bridgehead atoms. The maximum absolute atomic E-state index is 13.9. The second-order valence-electron chi connectivity index (χ2n) is 6.07. The molecule has 25 heavy (non-hydrogen) atoms. The van der Waals surface area contributed by atoms with Crippen LogP contribution in [0.5, 0.6) is 0 Å². The van der Waals surface area contributed by atoms with Gasteiger partial charge in [-0.15, -0.1) is 0 Å². The van der Waals surface area contributed by atoms with Crippen LogP contribution in [0.2, 0.25) is 0 Å². The molecule has 126 valence electrons. The van der Waals surface area contributed by atoms with E-state index in [0.29, 0.717) is 6.42 Å². The van der Waals surface area contributed by atoms with Crippen molar-refractivity contribution in [2.24, 2.45) is 0 Å². The minimum absolute atomic E-state index is 0.0683. The highest BCUT2D eigenvalue weighted by Crippen LogP contribution is 2.37. The van der Waals surface area contributed by atoms with Crippen LogP contribution in [0.15, 0.2) is 54.9 Å². The first-order valence-corrected chi connectivity index (χ1v) is 7.81. The number of carbonyl (C=O) groups excluding carboxylic acids is 1. The number of aliphatic hydroxyl groups is 1. The molecule has 2 aromatic carbocycles. The van der Waals surface area contributed by atoms with Gasteiger partial charge in [-0.1, -0.05) is 12.1 Å². The first-order valence-electron chi connectivity index (χ1n) is 7.81. The molecular weight excluding hydrogens is 323 g/mol. The molecule has 6 heteroatoms. The van der Waals surface area contributed by atoms with Crippen LogP contribution in [0.3, 0.4) is 0 Å². The number of carbonyl (C=O) groups is 1. The summed E-state index contributed by atoms with van der Waals surface area (Å²) in [7, 11) is 0. The highest BCUT2D eigenvalue weighted by molar-refractivity contribution is 5.94. The lowest BCUT2D eigenvalue weighted by molar-refractivity contribution is -0.258. The summed E-state index contributed by atoms with van der Waals surface area (Å²) in [6, 6.07) is 9.74. The summed E-state index contributed by atoms with van der Waals surface area (Å²) in [5.41, 5.74) is 3.59. The van der Waals surface area contributed by atoms with Crippen molar-refractivity contribution in [1.82, 2.24) is 9.78 Å². The Morgan fingerprint density at radius 1 is 1.28 bits per heavy atom. The molecule has 0 radical (unpaired) electrons. The van der Waals surface area contributed by atoms with Crippen LogP contribution < -0.4 is 0 Å². The number of aromatic nitrogens is 2. The Morgan fingerprint density at radius 3 is 2.72 bits per heavy atom. The van der Waals surface area contributed by atoms with Gasteiger partial charge in [-0.05, 0) is 60.4 Å². The summed E-state index contributed by atoms with van der Waals surface area (Å²) >= 11 is 0. The van der Waals surface area contributed by atoms with Gasteiger partial charge in [-0.2, -0.15) is 9.49 Å². The third kappa shape index (κ3) is 2.70. The number of hydrogen-bond acceptors (Lipinski definition) is 4. The number of rotatable bonds is 3. The van der Waals surface area contributed by atoms with E-state index in [1.807, 2.05) is 43.5 Å². The van der Waals surface area contributed by atoms with Gasteiger partial charge in [0.15, 0.2) is 0 Å². The predicted molar refractivity (Wildman–Crippen MR) is 88.0 cm³/mol. The molecule has 1 atom stereocenters. The first kappa shape index (κ1) is 15.5. The molecule has 0 saturated carbocycles. The van der Waals surface area contributed by atoms with Gasteiger partial charge >= 0.3 is 12.0 Å². The van der Waals surface area contributed by atoms with Crippen LogP contribution >= 0.6 is 0 Å². The summed E-state index contributed by atoms with van der Waals surface area (Å²) in [6.07, 6.45) is 4.16. The molecule has 0 aliphatic carbocycles. The second-order valence-corrected chi connectivity index (χ2v) is 6.07. The predicted octanol–water partition coefficient (Wildman–Crippen LogP) is 3.01. The molecule has 2 heterocycles. The zero-order valence-corrected chi connectivity index (χ0v) is 13.4. The smallest absolute Gasteiger partial charge is 0.392 e. The minimum Gasteiger partial charge on any atom is -0.397 e. The Balaban J connectivity index is 1.63. The summed E-state index contributed by atoms with van der Waals surface area (Å²) in [5.74, 6) is -0.852. The van der Waals surface area contributed by atoms with Gasteiger partial charge in [0.1, 0.15) is 0 Å². The Hall–Kier alpha value is -2.99. The summed E-state index contributed by atoms with van der Waals surface area (Å²) in [5, 5.41) is 13.7. The lowest BCUT2D eigenvalue weighted by Crippen LogP contribution is -2.18. The van der Waals surface area contributed by atoms with Gasteiger partial charge in [0.05, 0.1) is 16.8 Å². The summed E-state index contributed by atoms with van der Waals surface area (Å²) < 4.78 is 20.0. The molecule has 0 amide bonds. The highest BCUT2D eigenvalue weighted by Gasteiger charge is 2.45. The molecule has 1 aliphatic rings. The van der Waals surface area contributed by atoms with E-state index < -0.39 is 12.0 Å². The number of ether oxygens (including phenoxy) is 1. The van der Waals surface area contributed by atoms with E-state index in [9.17, 15) is 14.3 Å². The van der Waals surface area contributed by atoms with Gasteiger partial charge in [-0.3, -0.25) is 0 Å². The lowest BCUT2D eigenvalue weighted by Gasteiger charge is -2.12. The van der Waals surface area contributed by atoms with Crippen molar-refractivity contribution in [2.75, 3.05) is 0 Å². The van der Waals surface area contributed by atoms with Gasteiger partial charge < -0.3 is 9.84 Å². The fourth-order valence-electron chi connectivity index (χ4n) is 3.01. The van der Waals surface area contributed by atoms with E-state index >= 15 is 0 Å². The Kier molecular flexibility index (Phi) is 3.43. The SMILES string of the molecule is Cc1cc2c(cc1Cc1ccc(-n3cccn3)cc1)C(=O)OC2(O)F. The van der Waals surface area contributed by atoms with Gasteiger partial charge in [0.25, 0.3) is 0 Å². The average molecular weight is 338 g/mol. The quantitative estimate of drug-likeness (QED) is 0.746. The molecular formula is C19H15FN2O3. The Morgan fingerprint density at radius 2 is 2.04 bits per heavy atom. The minimum atomic E-state index is -3.04. The number of alkyl halides is 1. The Bertz CT molecular complexity index is 948. The molecule has 1 unspecified atom stereocenters. The number of benzene rings is 2. The monoisotopic (exact) mass is 338 g/mol. The summed E-state index contributed by atoms with van der Waals surface area (Å²) in [4.78, 5) is 11.7. The summed E-state index contributed by atoms with van der Waals surface area (Å²) in [6.45, 7) is 1.81. The van der Waals surface area contributed by atoms with Crippen LogP contribution in [-0.2, 0) is 17.2 Å². The highest BCUT2D eigenvalue weighted by atomic mass is 19.2. The molecule has 4 rings (SSSR count). The van der Waals surface area contributed by atoms with E-state index in [-0.39, 0.29) is 11.1 Å². The van der Waals surface area contributed by atoms with Gasteiger partial charge in [0, 0.05) is 12.4 Å². The number of aryl methyl sites for hydroxylation is 1. The van der Waals surface area contributed by atoms with Gasteiger partial charge in [0.2, 0.25) is 0 Å². The first-order chi connectivity index (χ1) is 11.9. The number of halogens is 1. The van der Waals surface area contributed by atoms with E-state index in [0.717, 1.165) is 22.4 Å². The van der Waals surface area contributed by atoms with Crippen LogP contribution in [0.4, 0.5) is 4.39 Å². The van der Waals surface area contributed by atoms with Crippen LogP contribution in [-0.4, -0.2) is 20.9 Å². The second kappa shape index (κ2) is 5.53. The van der Waals surface area contributed by atoms with Crippen molar-refractivity contribution < 1.29 is 19.0 Å². The maximum atomic E-state index is 13.9. The number of hydrogen-bond donors (Lipinski definition) is 1. The number of esters is 1. The molecule has 0 spiro atoms. The van der Waals surface area contributed by atoms with Gasteiger partial charge in [-0.25, -0.2) is 9.48 Å². The lowest BCUT2D eigenvalue weighted by atomic mass is 9.95. The van der Waals surface area contributed by atoms with E-state index in [1.165, 1.54) is 6.07 Å². The third-order valence-corrected chi connectivity index (χ3v) is 4.36.